The maximum atomic E-state index is 12.9. The summed E-state index contributed by atoms with van der Waals surface area (Å²) >= 11 is 0. The summed E-state index contributed by atoms with van der Waals surface area (Å²) in [6, 6.07) is 7.61. The molecule has 3 aromatic rings. The molecular formula is C21H27N5O2. The fraction of sp³-hybridized carbons (Fsp3) is 0.381. The van der Waals surface area contributed by atoms with Gasteiger partial charge in [0, 0.05) is 25.3 Å². The second-order valence-corrected chi connectivity index (χ2v) is 7.55. The highest BCUT2D eigenvalue weighted by atomic mass is 16.2. The lowest BCUT2D eigenvalue weighted by molar-refractivity contribution is 0.0948. The Bertz CT molecular complexity index is 1060. The van der Waals surface area contributed by atoms with Gasteiger partial charge in [-0.2, -0.15) is 0 Å². The fourth-order valence-electron chi connectivity index (χ4n) is 3.45. The Morgan fingerprint density at radius 1 is 1.29 bits per heavy atom. The largest absolute Gasteiger partial charge is 0.348 e. The fourth-order valence-corrected chi connectivity index (χ4v) is 3.45. The molecule has 1 amide bonds. The van der Waals surface area contributed by atoms with Crippen LogP contribution in [-0.4, -0.2) is 46.0 Å². The Hall–Kier alpha value is -2.93. The van der Waals surface area contributed by atoms with Gasteiger partial charge in [0.1, 0.15) is 11.4 Å². The van der Waals surface area contributed by atoms with Crippen LogP contribution in [0.2, 0.25) is 0 Å². The number of rotatable bonds is 6. The summed E-state index contributed by atoms with van der Waals surface area (Å²) in [5.74, 6) is 0.498. The number of nitrogens with zero attached hydrogens (tertiary/aromatic N) is 3. The summed E-state index contributed by atoms with van der Waals surface area (Å²) in [7, 11) is 3.92. The van der Waals surface area contributed by atoms with Crippen LogP contribution in [0.25, 0.3) is 11.0 Å². The second kappa shape index (κ2) is 7.98. The number of amides is 1. The lowest BCUT2D eigenvalue weighted by Gasteiger charge is -2.20. The van der Waals surface area contributed by atoms with Gasteiger partial charge in [-0.25, -0.2) is 4.98 Å². The maximum absolute atomic E-state index is 12.9. The zero-order valence-corrected chi connectivity index (χ0v) is 17.0. The minimum atomic E-state index is -0.352. The third-order valence-corrected chi connectivity index (χ3v) is 4.78. The highest BCUT2D eigenvalue weighted by Crippen LogP contribution is 2.14. The SMILES string of the molecule is Cc1nc2ccc(CNC(=O)c3c(C)ccn(C(C)CN(C)C)c3=O)cc2[nH]1. The van der Waals surface area contributed by atoms with Crippen molar-refractivity contribution >= 4 is 16.9 Å². The van der Waals surface area contributed by atoms with Gasteiger partial charge in [-0.1, -0.05) is 6.07 Å². The Labute approximate surface area is 164 Å². The standard InChI is InChI=1S/C21H27N5O2/c1-13-8-9-26(14(2)12-25(4)5)21(28)19(13)20(27)22-11-16-6-7-17-18(10-16)24-15(3)23-17/h6-10,14H,11-12H2,1-5H3,(H,22,27)(H,23,24). The van der Waals surface area contributed by atoms with E-state index in [9.17, 15) is 9.59 Å². The van der Waals surface area contributed by atoms with E-state index in [0.717, 1.165) is 22.4 Å². The summed E-state index contributed by atoms with van der Waals surface area (Å²) in [5, 5.41) is 2.88. The van der Waals surface area contributed by atoms with Gasteiger partial charge in [0.15, 0.2) is 0 Å². The molecule has 0 saturated heterocycles. The Morgan fingerprint density at radius 3 is 2.75 bits per heavy atom. The van der Waals surface area contributed by atoms with Crippen LogP contribution in [0.1, 0.15) is 40.3 Å². The van der Waals surface area contributed by atoms with Gasteiger partial charge in [-0.3, -0.25) is 9.59 Å². The lowest BCUT2D eigenvalue weighted by Crippen LogP contribution is -2.36. The van der Waals surface area contributed by atoms with E-state index >= 15 is 0 Å². The minimum Gasteiger partial charge on any atom is -0.348 e. The number of aromatic nitrogens is 3. The van der Waals surface area contributed by atoms with E-state index in [2.05, 4.69) is 15.3 Å². The lowest BCUT2D eigenvalue weighted by atomic mass is 10.1. The number of likely N-dealkylation sites (N-methyl/N-ethyl adjacent to an activating group) is 1. The number of imidazole rings is 1. The van der Waals surface area contributed by atoms with Crippen molar-refractivity contribution in [1.82, 2.24) is 24.8 Å². The van der Waals surface area contributed by atoms with Crippen LogP contribution in [0, 0.1) is 13.8 Å². The number of carbonyl (C=O) groups excluding carboxylic acids is 1. The monoisotopic (exact) mass is 381 g/mol. The summed E-state index contributed by atoms with van der Waals surface area (Å²) in [6.45, 7) is 6.72. The number of pyridine rings is 1. The highest BCUT2D eigenvalue weighted by molar-refractivity contribution is 5.95. The highest BCUT2D eigenvalue weighted by Gasteiger charge is 2.18. The Kier molecular flexibility index (Phi) is 5.65. The van der Waals surface area contributed by atoms with Crippen molar-refractivity contribution in [3.05, 3.63) is 63.3 Å². The van der Waals surface area contributed by atoms with E-state index in [1.54, 1.807) is 17.7 Å². The molecule has 1 aromatic carbocycles. The molecule has 3 rings (SSSR count). The molecule has 28 heavy (non-hydrogen) atoms. The normalized spacial score (nSPS) is 12.5. The van der Waals surface area contributed by atoms with Gasteiger partial charge in [0.25, 0.3) is 11.5 Å². The van der Waals surface area contributed by atoms with Crippen LogP contribution in [-0.2, 0) is 6.54 Å². The van der Waals surface area contributed by atoms with Crippen molar-refractivity contribution in [2.75, 3.05) is 20.6 Å². The number of fused-ring (bicyclic) bond motifs is 1. The molecule has 2 heterocycles. The van der Waals surface area contributed by atoms with Crippen molar-refractivity contribution in [1.29, 1.82) is 0 Å². The predicted molar refractivity (Wildman–Crippen MR) is 111 cm³/mol. The number of H-pyrrole nitrogens is 1. The van der Waals surface area contributed by atoms with Gasteiger partial charge in [0.05, 0.1) is 11.0 Å². The number of aryl methyl sites for hydroxylation is 2. The molecule has 0 bridgehead atoms. The molecule has 0 radical (unpaired) electrons. The van der Waals surface area contributed by atoms with Crippen molar-refractivity contribution < 1.29 is 4.79 Å². The van der Waals surface area contributed by atoms with Crippen LogP contribution in [0.15, 0.2) is 35.3 Å². The zero-order chi connectivity index (χ0) is 20.4. The van der Waals surface area contributed by atoms with Crippen molar-refractivity contribution in [3.8, 4) is 0 Å². The molecule has 0 aliphatic heterocycles. The summed E-state index contributed by atoms with van der Waals surface area (Å²) in [4.78, 5) is 35.3. The van der Waals surface area contributed by atoms with Crippen LogP contribution in [0.5, 0.6) is 0 Å². The number of benzene rings is 1. The van der Waals surface area contributed by atoms with E-state index in [-0.39, 0.29) is 23.1 Å². The van der Waals surface area contributed by atoms with Crippen molar-refractivity contribution in [3.63, 3.8) is 0 Å². The third-order valence-electron chi connectivity index (χ3n) is 4.78. The average Bonchev–Trinajstić information content (AvgIpc) is 2.98. The van der Waals surface area contributed by atoms with E-state index in [4.69, 9.17) is 0 Å². The first-order valence-corrected chi connectivity index (χ1v) is 9.36. The first kappa shape index (κ1) is 19.8. The van der Waals surface area contributed by atoms with E-state index in [0.29, 0.717) is 18.7 Å². The molecular weight excluding hydrogens is 354 g/mol. The zero-order valence-electron chi connectivity index (χ0n) is 17.0. The molecule has 0 saturated carbocycles. The summed E-state index contributed by atoms with van der Waals surface area (Å²) in [5.41, 5.74) is 3.39. The Morgan fingerprint density at radius 2 is 2.04 bits per heavy atom. The van der Waals surface area contributed by atoms with Crippen LogP contribution < -0.4 is 10.9 Å². The van der Waals surface area contributed by atoms with Crippen LogP contribution in [0.3, 0.4) is 0 Å². The van der Waals surface area contributed by atoms with Gasteiger partial charge in [-0.15, -0.1) is 0 Å². The van der Waals surface area contributed by atoms with Gasteiger partial charge >= 0.3 is 0 Å². The summed E-state index contributed by atoms with van der Waals surface area (Å²) in [6.07, 6.45) is 1.76. The van der Waals surface area contributed by atoms with Gasteiger partial charge < -0.3 is 19.8 Å². The van der Waals surface area contributed by atoms with Crippen LogP contribution in [0.4, 0.5) is 0 Å². The molecule has 2 N–H and O–H groups in total. The maximum Gasteiger partial charge on any atom is 0.263 e. The molecule has 0 spiro atoms. The average molecular weight is 381 g/mol. The van der Waals surface area contributed by atoms with E-state index < -0.39 is 0 Å². The molecule has 2 aromatic heterocycles. The number of aromatic amines is 1. The third kappa shape index (κ3) is 4.14. The molecule has 0 aliphatic carbocycles. The molecule has 148 valence electrons. The minimum absolute atomic E-state index is 0.0272. The molecule has 1 unspecified atom stereocenters. The molecule has 0 aliphatic rings. The molecule has 1 atom stereocenters. The number of hydrogen-bond acceptors (Lipinski definition) is 4. The van der Waals surface area contributed by atoms with Crippen LogP contribution >= 0.6 is 0 Å². The second-order valence-electron chi connectivity index (χ2n) is 7.55. The predicted octanol–water partition coefficient (Wildman–Crippen LogP) is 2.39. The smallest absolute Gasteiger partial charge is 0.263 e. The quantitative estimate of drug-likeness (QED) is 0.687. The number of hydrogen-bond donors (Lipinski definition) is 2. The summed E-state index contributed by atoms with van der Waals surface area (Å²) < 4.78 is 1.63. The van der Waals surface area contributed by atoms with Gasteiger partial charge in [-0.05, 0) is 64.2 Å². The molecule has 7 nitrogen and oxygen atoms in total. The topological polar surface area (TPSA) is 83.0 Å². The van der Waals surface area contributed by atoms with Gasteiger partial charge in [0.2, 0.25) is 0 Å². The first-order chi connectivity index (χ1) is 13.3. The number of carbonyl (C=O) groups is 1. The van der Waals surface area contributed by atoms with Crippen molar-refractivity contribution in [2.45, 2.75) is 33.4 Å². The molecule has 0 fully saturated rings. The van der Waals surface area contributed by atoms with E-state index in [1.165, 1.54) is 0 Å². The van der Waals surface area contributed by atoms with E-state index in [1.807, 2.05) is 57.1 Å². The Balaban J connectivity index is 1.80. The van der Waals surface area contributed by atoms with Crippen molar-refractivity contribution in [2.24, 2.45) is 0 Å². The molecule has 7 heteroatoms. The first-order valence-electron chi connectivity index (χ1n) is 9.36. The number of nitrogens with one attached hydrogen (secondary N) is 2.